The number of hydrogen-bond acceptors (Lipinski definition) is 5. The summed E-state index contributed by atoms with van der Waals surface area (Å²) in [5, 5.41) is 10.0. The third-order valence-corrected chi connectivity index (χ3v) is 4.62. The fourth-order valence-corrected chi connectivity index (χ4v) is 3.35. The van der Waals surface area contributed by atoms with Crippen LogP contribution in [0, 0.1) is 10.1 Å². The number of imidazole rings is 1. The molecule has 0 spiro atoms. The highest BCUT2D eigenvalue weighted by molar-refractivity contribution is 7.91. The number of hydrogen-bond donors (Lipinski definition) is 0. The van der Waals surface area contributed by atoms with Crippen molar-refractivity contribution in [3.8, 4) is 0 Å². The van der Waals surface area contributed by atoms with Gasteiger partial charge in [0.25, 0.3) is 0 Å². The van der Waals surface area contributed by atoms with Crippen LogP contribution in [-0.2, 0) is 23.1 Å². The first-order valence-electron chi connectivity index (χ1n) is 5.63. The molecule has 7 nitrogen and oxygen atoms in total. The molecular weight excluding hydrogens is 327 g/mol. The van der Waals surface area contributed by atoms with Crippen LogP contribution in [0.2, 0.25) is 0 Å². The number of aryl methyl sites for hydroxylation is 1. The average molecular weight is 335 g/mol. The molecule has 118 valence electrons. The second-order valence-corrected chi connectivity index (χ2v) is 6.14. The topological polar surface area (TPSA) is 95.1 Å². The van der Waals surface area contributed by atoms with E-state index < -0.39 is 42.2 Å². The van der Waals surface area contributed by atoms with Gasteiger partial charge in [-0.1, -0.05) is 6.07 Å². The molecule has 0 saturated heterocycles. The lowest BCUT2D eigenvalue weighted by atomic mass is 10.2. The van der Waals surface area contributed by atoms with Gasteiger partial charge in [0, 0.05) is 7.05 Å². The zero-order chi connectivity index (χ0) is 16.7. The van der Waals surface area contributed by atoms with Crippen molar-refractivity contribution in [3.05, 3.63) is 46.3 Å². The Labute approximate surface area is 122 Å². The minimum atomic E-state index is -4.73. The molecule has 0 bridgehead atoms. The first kappa shape index (κ1) is 15.9. The van der Waals surface area contributed by atoms with E-state index in [2.05, 4.69) is 4.98 Å². The number of halogens is 3. The quantitative estimate of drug-likeness (QED) is 0.633. The van der Waals surface area contributed by atoms with Gasteiger partial charge in [-0.15, -0.1) is 0 Å². The number of sulfone groups is 1. The first-order chi connectivity index (χ1) is 10.0. The van der Waals surface area contributed by atoms with Crippen molar-refractivity contribution in [1.29, 1.82) is 0 Å². The lowest BCUT2D eigenvalue weighted by Gasteiger charge is -2.09. The second kappa shape index (κ2) is 5.09. The zero-order valence-corrected chi connectivity index (χ0v) is 11.7. The standard InChI is InChI=1S/C11H8F3N3O4S/c1-16-6-15-9(17(18)19)10(16)22(20,21)8-4-2-3-7(5-8)11(12,13)14/h2-6H,1H3. The lowest BCUT2D eigenvalue weighted by molar-refractivity contribution is -0.392. The molecule has 22 heavy (non-hydrogen) atoms. The van der Waals surface area contributed by atoms with E-state index in [1.54, 1.807) is 0 Å². The predicted octanol–water partition coefficient (Wildman–Crippen LogP) is 2.18. The van der Waals surface area contributed by atoms with Crippen LogP contribution in [0.5, 0.6) is 0 Å². The Morgan fingerprint density at radius 3 is 2.50 bits per heavy atom. The number of nitrogens with zero attached hydrogens (tertiary/aromatic N) is 3. The van der Waals surface area contributed by atoms with Gasteiger partial charge in [0.15, 0.2) is 0 Å². The van der Waals surface area contributed by atoms with E-state index in [0.717, 1.165) is 23.0 Å². The third-order valence-electron chi connectivity index (χ3n) is 2.76. The summed E-state index contributed by atoms with van der Waals surface area (Å²) in [7, 11) is -3.33. The van der Waals surface area contributed by atoms with Crippen molar-refractivity contribution >= 4 is 15.7 Å². The Hall–Kier alpha value is -2.43. The number of alkyl halides is 3. The van der Waals surface area contributed by atoms with Gasteiger partial charge in [-0.2, -0.15) is 13.2 Å². The smallest absolute Gasteiger partial charge is 0.358 e. The molecule has 1 heterocycles. The van der Waals surface area contributed by atoms with Crippen molar-refractivity contribution in [2.24, 2.45) is 7.05 Å². The molecule has 0 fully saturated rings. The van der Waals surface area contributed by atoms with E-state index in [0.29, 0.717) is 12.1 Å². The number of benzene rings is 1. The Morgan fingerprint density at radius 1 is 1.32 bits per heavy atom. The van der Waals surface area contributed by atoms with Crippen molar-refractivity contribution < 1.29 is 26.5 Å². The van der Waals surface area contributed by atoms with Gasteiger partial charge in [-0.3, -0.25) is 4.57 Å². The normalized spacial score (nSPS) is 12.4. The van der Waals surface area contributed by atoms with Crippen LogP contribution < -0.4 is 0 Å². The van der Waals surface area contributed by atoms with Crippen molar-refractivity contribution in [3.63, 3.8) is 0 Å². The summed E-state index contributed by atoms with van der Waals surface area (Å²) in [6.45, 7) is 0. The van der Waals surface area contributed by atoms with Gasteiger partial charge in [0.05, 0.1) is 10.5 Å². The zero-order valence-electron chi connectivity index (χ0n) is 10.9. The van der Waals surface area contributed by atoms with E-state index >= 15 is 0 Å². The maximum Gasteiger partial charge on any atom is 0.416 e. The summed E-state index contributed by atoms with van der Waals surface area (Å²) < 4.78 is 63.6. The minimum absolute atomic E-state index is 0.423. The fraction of sp³-hybridized carbons (Fsp3) is 0.182. The van der Waals surface area contributed by atoms with Gasteiger partial charge >= 0.3 is 12.0 Å². The Bertz CT molecular complexity index is 843. The van der Waals surface area contributed by atoms with Crippen LogP contribution in [0.3, 0.4) is 0 Å². The lowest BCUT2D eigenvalue weighted by Crippen LogP contribution is -2.11. The molecular formula is C11H8F3N3O4S. The summed E-state index contributed by atoms with van der Waals surface area (Å²) in [6, 6.07) is 2.97. The molecule has 0 unspecified atom stereocenters. The maximum absolute atomic E-state index is 12.7. The SMILES string of the molecule is Cn1cnc([N+](=O)[O-])c1S(=O)(=O)c1cccc(C(F)(F)F)c1. The predicted molar refractivity (Wildman–Crippen MR) is 66.8 cm³/mol. The van der Waals surface area contributed by atoms with Crippen molar-refractivity contribution in [1.82, 2.24) is 9.55 Å². The molecule has 11 heteroatoms. The van der Waals surface area contributed by atoms with E-state index in [9.17, 15) is 31.7 Å². The molecule has 0 radical (unpaired) electrons. The summed E-state index contributed by atoms with van der Waals surface area (Å²) in [4.78, 5) is 12.5. The van der Waals surface area contributed by atoms with Crippen molar-refractivity contribution in [2.75, 3.05) is 0 Å². The molecule has 0 aliphatic heterocycles. The Morgan fingerprint density at radius 2 is 1.95 bits per heavy atom. The van der Waals surface area contributed by atoms with Crippen LogP contribution in [0.25, 0.3) is 0 Å². The van der Waals surface area contributed by atoms with Gasteiger partial charge in [-0.25, -0.2) is 8.42 Å². The molecule has 0 amide bonds. The van der Waals surface area contributed by atoms with Crippen molar-refractivity contribution in [2.45, 2.75) is 16.1 Å². The van der Waals surface area contributed by atoms with Gasteiger partial charge in [0.2, 0.25) is 21.2 Å². The Kier molecular flexibility index (Phi) is 3.69. The van der Waals surface area contributed by atoms with E-state index in [4.69, 9.17) is 0 Å². The number of aromatic nitrogens is 2. The monoisotopic (exact) mass is 335 g/mol. The number of nitro groups is 1. The van der Waals surface area contributed by atoms with E-state index in [1.165, 1.54) is 7.05 Å². The highest BCUT2D eigenvalue weighted by atomic mass is 32.2. The van der Waals surface area contributed by atoms with Crippen LogP contribution >= 0.6 is 0 Å². The first-order valence-corrected chi connectivity index (χ1v) is 7.11. The van der Waals surface area contributed by atoms with Gasteiger partial charge in [0.1, 0.15) is 0 Å². The molecule has 1 aromatic carbocycles. The van der Waals surface area contributed by atoms with Crippen LogP contribution in [-0.4, -0.2) is 22.9 Å². The summed E-state index contributed by atoms with van der Waals surface area (Å²) >= 11 is 0. The minimum Gasteiger partial charge on any atom is -0.358 e. The highest BCUT2D eigenvalue weighted by Crippen LogP contribution is 2.33. The van der Waals surface area contributed by atoms with E-state index in [-0.39, 0.29) is 0 Å². The Balaban J connectivity index is 2.67. The maximum atomic E-state index is 12.7. The molecule has 1 aromatic heterocycles. The third kappa shape index (κ3) is 2.66. The van der Waals surface area contributed by atoms with Gasteiger partial charge < -0.3 is 10.1 Å². The van der Waals surface area contributed by atoms with Gasteiger partial charge in [-0.05, 0) is 28.1 Å². The van der Waals surface area contributed by atoms with Crippen LogP contribution in [0.4, 0.5) is 19.0 Å². The van der Waals surface area contributed by atoms with Crippen LogP contribution in [0.1, 0.15) is 5.56 Å². The highest BCUT2D eigenvalue weighted by Gasteiger charge is 2.36. The largest absolute Gasteiger partial charge is 0.416 e. The summed E-state index contributed by atoms with van der Waals surface area (Å²) in [6.07, 6.45) is -3.83. The molecule has 0 N–H and O–H groups in total. The second-order valence-electron chi connectivity index (χ2n) is 4.27. The summed E-state index contributed by atoms with van der Waals surface area (Å²) in [5.74, 6) is -0.945. The molecule has 0 aliphatic rings. The van der Waals surface area contributed by atoms with E-state index in [1.807, 2.05) is 0 Å². The summed E-state index contributed by atoms with van der Waals surface area (Å²) in [5.41, 5.74) is -1.17. The molecule has 0 aliphatic carbocycles. The molecule has 0 atom stereocenters. The fourth-order valence-electron chi connectivity index (χ4n) is 1.79. The number of rotatable bonds is 3. The average Bonchev–Trinajstić information content (AvgIpc) is 2.80. The van der Waals surface area contributed by atoms with Crippen LogP contribution in [0.15, 0.2) is 40.5 Å². The molecule has 2 rings (SSSR count). The molecule has 0 saturated carbocycles. The molecule has 2 aromatic rings.